The molecule has 1 aromatic carbocycles. The van der Waals surface area contributed by atoms with E-state index in [2.05, 4.69) is 9.97 Å². The molecule has 0 saturated heterocycles. The van der Waals surface area contributed by atoms with Gasteiger partial charge in [0.15, 0.2) is 5.82 Å². The summed E-state index contributed by atoms with van der Waals surface area (Å²) >= 11 is 0. The number of hydrogen-bond donors (Lipinski definition) is 0. The molecule has 0 radical (unpaired) electrons. The van der Waals surface area contributed by atoms with Crippen LogP contribution in [-0.2, 0) is 0 Å². The predicted molar refractivity (Wildman–Crippen MR) is 64.0 cm³/mol. The molecule has 0 spiro atoms. The highest BCUT2D eigenvalue weighted by Gasteiger charge is 1.91. The van der Waals surface area contributed by atoms with Gasteiger partial charge in [-0.25, -0.2) is 9.97 Å². The number of aromatic nitrogens is 2. The predicted octanol–water partition coefficient (Wildman–Crippen LogP) is 2.66. The van der Waals surface area contributed by atoms with Crippen LogP contribution >= 0.6 is 0 Å². The van der Waals surface area contributed by atoms with E-state index in [0.717, 1.165) is 11.3 Å². The van der Waals surface area contributed by atoms with Crippen LogP contribution in [-0.4, -0.2) is 17.1 Å². The maximum Gasteiger partial charge on any atom is 0.151 e. The Morgan fingerprint density at radius 2 is 1.69 bits per heavy atom. The van der Waals surface area contributed by atoms with E-state index in [-0.39, 0.29) is 0 Å². The fourth-order valence-corrected chi connectivity index (χ4v) is 1.28. The maximum absolute atomic E-state index is 5.08. The first-order chi connectivity index (χ1) is 7.88. The Morgan fingerprint density at radius 3 is 2.31 bits per heavy atom. The number of hydrogen-bond acceptors (Lipinski definition) is 3. The van der Waals surface area contributed by atoms with Crippen molar-refractivity contribution >= 4 is 12.2 Å². The largest absolute Gasteiger partial charge is 0.497 e. The topological polar surface area (TPSA) is 35.0 Å². The molecule has 3 heteroatoms. The van der Waals surface area contributed by atoms with E-state index in [4.69, 9.17) is 4.74 Å². The van der Waals surface area contributed by atoms with Crippen LogP contribution in [0.1, 0.15) is 11.4 Å². The Bertz CT molecular complexity index is 463. The molecular weight excluding hydrogens is 200 g/mol. The second-order valence-electron chi connectivity index (χ2n) is 3.21. The summed E-state index contributed by atoms with van der Waals surface area (Å²) in [6, 6.07) is 9.61. The summed E-state index contributed by atoms with van der Waals surface area (Å²) in [5.74, 6) is 1.56. The van der Waals surface area contributed by atoms with E-state index in [9.17, 15) is 0 Å². The molecule has 0 aliphatic rings. The molecule has 0 atom stereocenters. The second-order valence-corrected chi connectivity index (χ2v) is 3.21. The van der Waals surface area contributed by atoms with Gasteiger partial charge < -0.3 is 4.74 Å². The Kier molecular flexibility index (Phi) is 3.28. The first-order valence-corrected chi connectivity index (χ1v) is 4.97. The Morgan fingerprint density at radius 1 is 1.00 bits per heavy atom. The van der Waals surface area contributed by atoms with Crippen LogP contribution in [0.5, 0.6) is 5.75 Å². The lowest BCUT2D eigenvalue weighted by molar-refractivity contribution is 0.415. The van der Waals surface area contributed by atoms with Crippen molar-refractivity contribution in [3.63, 3.8) is 0 Å². The molecule has 0 amide bonds. The van der Waals surface area contributed by atoms with Gasteiger partial charge in [0.25, 0.3) is 0 Å². The third-order valence-electron chi connectivity index (χ3n) is 2.13. The molecule has 0 aliphatic heterocycles. The molecule has 0 aliphatic carbocycles. The fraction of sp³-hybridized carbons (Fsp3) is 0.0769. The van der Waals surface area contributed by atoms with Gasteiger partial charge in [0, 0.05) is 12.4 Å². The minimum absolute atomic E-state index is 0.707. The summed E-state index contributed by atoms with van der Waals surface area (Å²) in [6.45, 7) is 0. The molecule has 1 aromatic heterocycles. The van der Waals surface area contributed by atoms with Crippen molar-refractivity contribution < 1.29 is 4.74 Å². The lowest BCUT2D eigenvalue weighted by atomic mass is 10.2. The van der Waals surface area contributed by atoms with Crippen molar-refractivity contribution in [2.45, 2.75) is 0 Å². The van der Waals surface area contributed by atoms with E-state index in [0.29, 0.717) is 5.82 Å². The quantitative estimate of drug-likeness (QED) is 0.784. The third-order valence-corrected chi connectivity index (χ3v) is 2.13. The van der Waals surface area contributed by atoms with E-state index in [1.807, 2.05) is 36.4 Å². The molecule has 0 unspecified atom stereocenters. The highest BCUT2D eigenvalue weighted by Crippen LogP contribution is 2.12. The summed E-state index contributed by atoms with van der Waals surface area (Å²) in [5.41, 5.74) is 1.09. The average Bonchev–Trinajstić information content (AvgIpc) is 2.38. The zero-order valence-corrected chi connectivity index (χ0v) is 9.00. The lowest BCUT2D eigenvalue weighted by Crippen LogP contribution is -1.83. The zero-order chi connectivity index (χ0) is 11.2. The molecule has 2 aromatic rings. The summed E-state index contributed by atoms with van der Waals surface area (Å²) in [4.78, 5) is 8.21. The van der Waals surface area contributed by atoms with E-state index in [1.165, 1.54) is 0 Å². The van der Waals surface area contributed by atoms with E-state index >= 15 is 0 Å². The lowest BCUT2D eigenvalue weighted by Gasteiger charge is -1.98. The number of methoxy groups -OCH3 is 1. The monoisotopic (exact) mass is 212 g/mol. The van der Waals surface area contributed by atoms with Gasteiger partial charge in [-0.3, -0.25) is 0 Å². The highest BCUT2D eigenvalue weighted by molar-refractivity contribution is 5.66. The summed E-state index contributed by atoms with van der Waals surface area (Å²) < 4.78 is 5.08. The van der Waals surface area contributed by atoms with Gasteiger partial charge in [0.2, 0.25) is 0 Å². The van der Waals surface area contributed by atoms with Crippen molar-refractivity contribution in [1.29, 1.82) is 0 Å². The van der Waals surface area contributed by atoms with Crippen LogP contribution in [0.2, 0.25) is 0 Å². The van der Waals surface area contributed by atoms with Crippen LogP contribution in [0.15, 0.2) is 42.7 Å². The minimum Gasteiger partial charge on any atom is -0.497 e. The maximum atomic E-state index is 5.08. The van der Waals surface area contributed by atoms with Gasteiger partial charge >= 0.3 is 0 Å². The van der Waals surface area contributed by atoms with Gasteiger partial charge in [-0.05, 0) is 29.8 Å². The molecule has 2 rings (SSSR count). The van der Waals surface area contributed by atoms with Crippen LogP contribution in [0.4, 0.5) is 0 Å². The smallest absolute Gasteiger partial charge is 0.151 e. The Balaban J connectivity index is 2.12. The van der Waals surface area contributed by atoms with Crippen molar-refractivity contribution in [3.05, 3.63) is 54.1 Å². The van der Waals surface area contributed by atoms with Crippen molar-refractivity contribution in [2.24, 2.45) is 0 Å². The summed E-state index contributed by atoms with van der Waals surface area (Å²) in [5, 5.41) is 0. The molecule has 0 N–H and O–H groups in total. The fourth-order valence-electron chi connectivity index (χ4n) is 1.28. The normalized spacial score (nSPS) is 10.6. The molecule has 1 heterocycles. The van der Waals surface area contributed by atoms with Gasteiger partial charge in [-0.2, -0.15) is 0 Å². The van der Waals surface area contributed by atoms with E-state index < -0.39 is 0 Å². The molecule has 80 valence electrons. The zero-order valence-electron chi connectivity index (χ0n) is 9.00. The van der Waals surface area contributed by atoms with E-state index in [1.54, 1.807) is 25.6 Å². The number of nitrogens with zero attached hydrogens (tertiary/aromatic N) is 2. The van der Waals surface area contributed by atoms with Crippen LogP contribution in [0.3, 0.4) is 0 Å². The number of rotatable bonds is 3. The molecule has 0 fully saturated rings. The Hall–Kier alpha value is -2.16. The van der Waals surface area contributed by atoms with Crippen molar-refractivity contribution in [2.75, 3.05) is 7.11 Å². The molecule has 0 saturated carbocycles. The standard InChI is InChI=1S/C13H12N2O/c1-16-12-6-3-11(4-7-12)5-8-13-14-9-2-10-15-13/h2-10H,1H3/b8-5+. The number of ether oxygens (including phenoxy) is 1. The van der Waals surface area contributed by atoms with Gasteiger partial charge in [-0.15, -0.1) is 0 Å². The molecule has 3 nitrogen and oxygen atoms in total. The van der Waals surface area contributed by atoms with Gasteiger partial charge in [0.1, 0.15) is 5.75 Å². The van der Waals surface area contributed by atoms with Crippen LogP contribution in [0.25, 0.3) is 12.2 Å². The first kappa shape index (κ1) is 10.4. The average molecular weight is 212 g/mol. The first-order valence-electron chi connectivity index (χ1n) is 4.97. The van der Waals surface area contributed by atoms with Gasteiger partial charge in [0.05, 0.1) is 7.11 Å². The molecule has 0 bridgehead atoms. The van der Waals surface area contributed by atoms with Crippen LogP contribution < -0.4 is 4.74 Å². The molecular formula is C13H12N2O. The highest BCUT2D eigenvalue weighted by atomic mass is 16.5. The molecule has 16 heavy (non-hydrogen) atoms. The minimum atomic E-state index is 0.707. The summed E-state index contributed by atoms with van der Waals surface area (Å²) in [6.07, 6.45) is 7.29. The SMILES string of the molecule is COc1ccc(/C=C/c2ncccn2)cc1. The second kappa shape index (κ2) is 5.07. The summed E-state index contributed by atoms with van der Waals surface area (Å²) in [7, 11) is 1.66. The van der Waals surface area contributed by atoms with Crippen LogP contribution in [0, 0.1) is 0 Å². The third kappa shape index (κ3) is 2.67. The Labute approximate surface area is 94.4 Å². The van der Waals surface area contributed by atoms with Gasteiger partial charge in [-0.1, -0.05) is 18.2 Å². The van der Waals surface area contributed by atoms with Crippen molar-refractivity contribution in [3.8, 4) is 5.75 Å². The number of benzene rings is 1. The van der Waals surface area contributed by atoms with Crippen molar-refractivity contribution in [1.82, 2.24) is 9.97 Å².